The lowest BCUT2D eigenvalue weighted by Gasteiger charge is -2.14. The van der Waals surface area contributed by atoms with E-state index in [2.05, 4.69) is 0 Å². The van der Waals surface area contributed by atoms with Gasteiger partial charge in [-0.25, -0.2) is 4.79 Å². The summed E-state index contributed by atoms with van der Waals surface area (Å²) in [7, 11) is 3.36. The minimum atomic E-state index is -0.612. The number of esters is 1. The number of rotatable bonds is 5. The van der Waals surface area contributed by atoms with Crippen molar-refractivity contribution < 1.29 is 19.1 Å². The molecule has 3 rings (SSSR count). The predicted molar refractivity (Wildman–Crippen MR) is 107 cm³/mol. The van der Waals surface area contributed by atoms with E-state index in [0.29, 0.717) is 12.0 Å². The van der Waals surface area contributed by atoms with Crippen molar-refractivity contribution in [1.29, 1.82) is 0 Å². The van der Waals surface area contributed by atoms with Crippen molar-refractivity contribution in [2.75, 3.05) is 6.54 Å². The number of imide groups is 1. The van der Waals surface area contributed by atoms with Crippen LogP contribution in [0.3, 0.4) is 0 Å². The molecule has 1 aliphatic rings. The lowest BCUT2D eigenvalue weighted by molar-refractivity contribution is -0.150. The number of aromatic nitrogens is 2. The summed E-state index contributed by atoms with van der Waals surface area (Å²) in [5, 5.41) is -0.509. The molecule has 2 amide bonds. The third kappa shape index (κ3) is 3.62. The average Bonchev–Trinajstić information content (AvgIpc) is 3.04. The first-order valence-electron chi connectivity index (χ1n) is 8.83. The Labute approximate surface area is 165 Å². The highest BCUT2D eigenvalue weighted by Gasteiger charge is 2.36. The first-order valence-corrected chi connectivity index (χ1v) is 9.65. The molecule has 8 nitrogen and oxygen atoms in total. The lowest BCUT2D eigenvalue weighted by atomic mass is 10.2. The van der Waals surface area contributed by atoms with Gasteiger partial charge in [0.15, 0.2) is 0 Å². The van der Waals surface area contributed by atoms with Crippen molar-refractivity contribution in [1.82, 2.24) is 14.0 Å². The standard InChI is InChI=1S/C19H21N3O5S/c1-5-11(2)27-16(23)10-22-17(24)15(28-19(22)26)9-12-6-7-13-14(8-12)21(4)18(25)20(13)3/h6-9,11H,5,10H2,1-4H3/b15-9+/t11-/m1/s1. The molecule has 0 radical (unpaired) electrons. The first kappa shape index (κ1) is 19.9. The Morgan fingerprint density at radius 2 is 1.86 bits per heavy atom. The number of hydrogen-bond donors (Lipinski definition) is 0. The van der Waals surface area contributed by atoms with Crippen LogP contribution in [0.1, 0.15) is 25.8 Å². The molecule has 1 saturated heterocycles. The molecule has 0 bridgehead atoms. The Kier molecular flexibility index (Phi) is 5.46. The maximum Gasteiger partial charge on any atom is 0.328 e. The summed E-state index contributed by atoms with van der Waals surface area (Å²) < 4.78 is 8.19. The number of nitrogens with zero attached hydrogens (tertiary/aromatic N) is 3. The Morgan fingerprint density at radius 1 is 1.18 bits per heavy atom. The van der Waals surface area contributed by atoms with Crippen molar-refractivity contribution in [3.8, 4) is 0 Å². The second-order valence-corrected chi connectivity index (χ2v) is 7.62. The molecule has 2 aromatic rings. The van der Waals surface area contributed by atoms with Crippen LogP contribution >= 0.6 is 11.8 Å². The minimum Gasteiger partial charge on any atom is -0.461 e. The molecular formula is C19H21N3O5S. The van der Waals surface area contributed by atoms with Gasteiger partial charge < -0.3 is 4.74 Å². The summed E-state index contributed by atoms with van der Waals surface area (Å²) in [5.41, 5.74) is 2.02. The summed E-state index contributed by atoms with van der Waals surface area (Å²) >= 11 is 0.778. The molecule has 0 unspecified atom stereocenters. The largest absolute Gasteiger partial charge is 0.461 e. The first-order chi connectivity index (χ1) is 13.2. The molecule has 0 saturated carbocycles. The van der Waals surface area contributed by atoms with E-state index in [1.165, 1.54) is 9.13 Å². The van der Waals surface area contributed by atoms with Gasteiger partial charge in [-0.05, 0) is 48.9 Å². The maximum atomic E-state index is 12.5. The number of carbonyl (C=O) groups is 3. The molecule has 1 atom stereocenters. The number of fused-ring (bicyclic) bond motifs is 1. The van der Waals surface area contributed by atoms with Gasteiger partial charge in [-0.15, -0.1) is 0 Å². The summed E-state index contributed by atoms with van der Waals surface area (Å²) in [6, 6.07) is 5.34. The van der Waals surface area contributed by atoms with Gasteiger partial charge in [0.05, 0.1) is 22.0 Å². The number of imidazole rings is 1. The van der Waals surface area contributed by atoms with E-state index in [0.717, 1.165) is 27.7 Å². The fourth-order valence-electron chi connectivity index (χ4n) is 2.88. The number of ether oxygens (including phenoxy) is 1. The van der Waals surface area contributed by atoms with Crippen molar-refractivity contribution in [3.63, 3.8) is 0 Å². The van der Waals surface area contributed by atoms with Crippen LogP contribution in [0.25, 0.3) is 17.1 Å². The van der Waals surface area contributed by atoms with E-state index < -0.39 is 23.7 Å². The van der Waals surface area contributed by atoms with Crippen molar-refractivity contribution in [2.45, 2.75) is 26.4 Å². The summed E-state index contributed by atoms with van der Waals surface area (Å²) in [4.78, 5) is 49.8. The van der Waals surface area contributed by atoms with Gasteiger partial charge in [-0.3, -0.25) is 28.4 Å². The van der Waals surface area contributed by atoms with Gasteiger partial charge in [-0.1, -0.05) is 13.0 Å². The van der Waals surface area contributed by atoms with Crippen molar-refractivity contribution >= 4 is 46.0 Å². The fourth-order valence-corrected chi connectivity index (χ4v) is 3.71. The summed E-state index contributed by atoms with van der Waals surface area (Å²) in [5.74, 6) is -1.14. The Balaban J connectivity index is 1.83. The molecule has 0 spiro atoms. The zero-order chi connectivity index (χ0) is 20.6. The summed E-state index contributed by atoms with van der Waals surface area (Å²) in [6.45, 7) is 3.22. The monoisotopic (exact) mass is 403 g/mol. The quantitative estimate of drug-likeness (QED) is 0.562. The highest BCUT2D eigenvalue weighted by molar-refractivity contribution is 8.18. The maximum absolute atomic E-state index is 12.5. The molecule has 1 aliphatic heterocycles. The number of amides is 2. The topological polar surface area (TPSA) is 90.6 Å². The Morgan fingerprint density at radius 3 is 2.54 bits per heavy atom. The average molecular weight is 403 g/mol. The van der Waals surface area contributed by atoms with Gasteiger partial charge in [-0.2, -0.15) is 0 Å². The summed E-state index contributed by atoms with van der Waals surface area (Å²) in [6.07, 6.45) is 1.96. The van der Waals surface area contributed by atoms with Crippen LogP contribution in [0, 0.1) is 0 Å². The van der Waals surface area contributed by atoms with Crippen LogP contribution in [0.5, 0.6) is 0 Å². The van der Waals surface area contributed by atoms with E-state index in [-0.39, 0.29) is 16.7 Å². The molecular weight excluding hydrogens is 382 g/mol. The number of carbonyl (C=O) groups excluding carboxylic acids is 3. The molecule has 1 fully saturated rings. The van der Waals surface area contributed by atoms with Crippen LogP contribution in [0.2, 0.25) is 0 Å². The third-order valence-electron chi connectivity index (χ3n) is 4.66. The normalized spacial score (nSPS) is 17.0. The van der Waals surface area contributed by atoms with E-state index in [4.69, 9.17) is 4.74 Å². The Hall–Kier alpha value is -2.81. The van der Waals surface area contributed by atoms with Crippen LogP contribution < -0.4 is 5.69 Å². The highest BCUT2D eigenvalue weighted by atomic mass is 32.2. The molecule has 28 heavy (non-hydrogen) atoms. The van der Waals surface area contributed by atoms with Gasteiger partial charge in [0.2, 0.25) is 0 Å². The van der Waals surface area contributed by atoms with Crippen LogP contribution in [-0.2, 0) is 28.4 Å². The number of benzene rings is 1. The number of hydrogen-bond acceptors (Lipinski definition) is 6. The molecule has 2 heterocycles. The second-order valence-electron chi connectivity index (χ2n) is 6.63. The second kappa shape index (κ2) is 7.67. The Bertz CT molecular complexity index is 1070. The smallest absolute Gasteiger partial charge is 0.328 e. The zero-order valence-electron chi connectivity index (χ0n) is 16.1. The van der Waals surface area contributed by atoms with E-state index in [1.54, 1.807) is 45.3 Å². The van der Waals surface area contributed by atoms with Gasteiger partial charge in [0, 0.05) is 14.1 Å². The SMILES string of the molecule is CC[C@@H](C)OC(=O)CN1C(=O)S/C(=C/c2ccc3c(c2)n(C)c(=O)n3C)C1=O. The van der Waals surface area contributed by atoms with Crippen molar-refractivity contribution in [2.24, 2.45) is 14.1 Å². The van der Waals surface area contributed by atoms with Crippen molar-refractivity contribution in [3.05, 3.63) is 39.2 Å². The van der Waals surface area contributed by atoms with E-state index in [9.17, 15) is 19.2 Å². The van der Waals surface area contributed by atoms with Crippen LogP contribution in [0.15, 0.2) is 27.9 Å². The minimum absolute atomic E-state index is 0.146. The van der Waals surface area contributed by atoms with E-state index >= 15 is 0 Å². The van der Waals surface area contributed by atoms with Gasteiger partial charge in [0.1, 0.15) is 6.54 Å². The molecule has 1 aromatic carbocycles. The van der Waals surface area contributed by atoms with Crippen LogP contribution in [0.4, 0.5) is 4.79 Å². The molecule has 1 aromatic heterocycles. The molecule has 9 heteroatoms. The van der Waals surface area contributed by atoms with Crippen LogP contribution in [-0.4, -0.2) is 43.8 Å². The predicted octanol–water partition coefficient (Wildman–Crippen LogP) is 2.25. The molecule has 0 N–H and O–H groups in total. The number of aryl methyl sites for hydroxylation is 2. The molecule has 0 aliphatic carbocycles. The zero-order valence-corrected chi connectivity index (χ0v) is 16.9. The lowest BCUT2D eigenvalue weighted by Crippen LogP contribution is -2.35. The fraction of sp³-hybridized carbons (Fsp3) is 0.368. The highest BCUT2D eigenvalue weighted by Crippen LogP contribution is 2.32. The van der Waals surface area contributed by atoms with Gasteiger partial charge in [0.25, 0.3) is 11.1 Å². The third-order valence-corrected chi connectivity index (χ3v) is 5.57. The van der Waals surface area contributed by atoms with Gasteiger partial charge >= 0.3 is 11.7 Å². The molecule has 148 valence electrons. The number of thioether (sulfide) groups is 1. The van der Waals surface area contributed by atoms with E-state index in [1.807, 2.05) is 6.92 Å².